The van der Waals surface area contributed by atoms with E-state index in [2.05, 4.69) is 16.6 Å². The molecule has 0 aliphatic carbocycles. The number of benzene rings is 2. The lowest BCUT2D eigenvalue weighted by Crippen LogP contribution is -2.55. The number of aliphatic hydroxyl groups is 1. The number of amides is 3. The number of ether oxygens (including phenoxy) is 1. The fourth-order valence-electron chi connectivity index (χ4n) is 3.68. The molecule has 9 heteroatoms. The van der Waals surface area contributed by atoms with Gasteiger partial charge in [-0.25, -0.2) is 4.79 Å². The van der Waals surface area contributed by atoms with Crippen LogP contribution in [0.4, 0.5) is 10.5 Å². The highest BCUT2D eigenvalue weighted by Gasteiger charge is 2.38. The van der Waals surface area contributed by atoms with Crippen molar-refractivity contribution >= 4 is 35.2 Å². The lowest BCUT2D eigenvalue weighted by molar-refractivity contribution is -0.143. The molecule has 2 atom stereocenters. The third-order valence-electron chi connectivity index (χ3n) is 5.37. The van der Waals surface area contributed by atoms with Gasteiger partial charge >= 0.3 is 6.09 Å². The highest BCUT2D eigenvalue weighted by atomic mass is 35.5. The van der Waals surface area contributed by atoms with Crippen molar-refractivity contribution in [1.29, 1.82) is 0 Å². The third-order valence-corrected chi connectivity index (χ3v) is 5.69. The number of aliphatic hydroxyl groups excluding tert-OH is 1. The quantitative estimate of drug-likeness (QED) is 0.440. The van der Waals surface area contributed by atoms with Crippen molar-refractivity contribution in [2.24, 2.45) is 0 Å². The van der Waals surface area contributed by atoms with Crippen molar-refractivity contribution in [2.45, 2.75) is 65.3 Å². The predicted molar refractivity (Wildman–Crippen MR) is 144 cm³/mol. The first kappa shape index (κ1) is 29.7. The molecule has 2 unspecified atom stereocenters. The summed E-state index contributed by atoms with van der Waals surface area (Å²) in [5.41, 5.74) is 1.44. The molecule has 0 aromatic heterocycles. The van der Waals surface area contributed by atoms with Gasteiger partial charge in [0.2, 0.25) is 5.91 Å². The molecule has 2 rings (SSSR count). The second-order valence-corrected chi connectivity index (χ2v) is 10.2. The van der Waals surface area contributed by atoms with Crippen LogP contribution in [0.2, 0.25) is 5.02 Å². The van der Waals surface area contributed by atoms with Crippen LogP contribution in [0.25, 0.3) is 0 Å². The molecule has 2 aromatic rings. The van der Waals surface area contributed by atoms with Crippen LogP contribution in [0.15, 0.2) is 42.5 Å². The largest absolute Gasteiger partial charge is 0.444 e. The molecule has 0 heterocycles. The molecule has 0 radical (unpaired) electrons. The van der Waals surface area contributed by atoms with Crippen molar-refractivity contribution < 1.29 is 24.2 Å². The second kappa shape index (κ2) is 12.6. The maximum Gasteiger partial charge on any atom is 0.408 e. The number of nitrogens with one attached hydrogen (secondary N) is 2. The first-order valence-electron chi connectivity index (χ1n) is 11.8. The molecule has 0 fully saturated rings. The standard InChI is InChI=1S/C28H34ClN3O5/c1-8-19-12-14-20(15-13-19)24(25(34)31-23-18(4)10-9-11-21(23)29)32(17(2)3)26(35)22(16-33)30-27(36)37-28(5,6)7/h1,9-15,17,22,24,33H,16H2,2-7H3,(H,30,36)(H,31,34). The Bertz CT molecular complexity index is 1150. The van der Waals surface area contributed by atoms with Crippen LogP contribution in [-0.2, 0) is 14.3 Å². The summed E-state index contributed by atoms with van der Waals surface area (Å²) in [7, 11) is 0. The van der Waals surface area contributed by atoms with Gasteiger partial charge in [-0.15, -0.1) is 6.42 Å². The van der Waals surface area contributed by atoms with E-state index < -0.39 is 48.2 Å². The third kappa shape index (κ3) is 7.97. The van der Waals surface area contributed by atoms with Crippen LogP contribution in [0, 0.1) is 19.3 Å². The molecule has 0 saturated heterocycles. The van der Waals surface area contributed by atoms with Crippen LogP contribution < -0.4 is 10.6 Å². The van der Waals surface area contributed by atoms with E-state index in [1.54, 1.807) is 84.0 Å². The molecule has 0 saturated carbocycles. The first-order valence-corrected chi connectivity index (χ1v) is 12.2. The van der Waals surface area contributed by atoms with Gasteiger partial charge in [-0.05, 0) is 70.9 Å². The van der Waals surface area contributed by atoms with Gasteiger partial charge in [0.05, 0.1) is 17.3 Å². The molecule has 0 spiro atoms. The fraction of sp³-hybridized carbons (Fsp3) is 0.393. The summed E-state index contributed by atoms with van der Waals surface area (Å²) in [4.78, 5) is 41.1. The van der Waals surface area contributed by atoms with Crippen LogP contribution in [0.5, 0.6) is 0 Å². The summed E-state index contributed by atoms with van der Waals surface area (Å²) in [5.74, 6) is 1.33. The second-order valence-electron chi connectivity index (χ2n) is 9.81. The monoisotopic (exact) mass is 527 g/mol. The van der Waals surface area contributed by atoms with Crippen LogP contribution in [0.3, 0.4) is 0 Å². The summed E-state index contributed by atoms with van der Waals surface area (Å²) in [6, 6.07) is 8.90. The lowest BCUT2D eigenvalue weighted by Gasteiger charge is -2.37. The average Bonchev–Trinajstić information content (AvgIpc) is 2.81. The number of nitrogens with zero attached hydrogens (tertiary/aromatic N) is 1. The van der Waals surface area contributed by atoms with Gasteiger partial charge in [-0.2, -0.15) is 0 Å². The summed E-state index contributed by atoms with van der Waals surface area (Å²) in [6.07, 6.45) is 4.62. The Morgan fingerprint density at radius 3 is 2.24 bits per heavy atom. The lowest BCUT2D eigenvalue weighted by atomic mass is 9.99. The zero-order valence-corrected chi connectivity index (χ0v) is 22.7. The number of para-hydroxylation sites is 1. The van der Waals surface area contributed by atoms with E-state index in [0.29, 0.717) is 21.8 Å². The number of terminal acetylenes is 1. The number of carbonyl (C=O) groups excluding carboxylic acids is 3. The zero-order chi connectivity index (χ0) is 27.9. The Kier molecular flexibility index (Phi) is 10.1. The van der Waals surface area contributed by atoms with Gasteiger partial charge in [0.25, 0.3) is 5.91 Å². The normalized spacial score (nSPS) is 12.8. The smallest absolute Gasteiger partial charge is 0.408 e. The average molecular weight is 528 g/mol. The first-order chi connectivity index (χ1) is 17.3. The van der Waals surface area contributed by atoms with Crippen molar-refractivity contribution in [2.75, 3.05) is 11.9 Å². The van der Waals surface area contributed by atoms with Gasteiger partial charge in [0.15, 0.2) is 0 Å². The molecule has 3 amide bonds. The van der Waals surface area contributed by atoms with Gasteiger partial charge in [-0.1, -0.05) is 41.8 Å². The Morgan fingerprint density at radius 1 is 1.14 bits per heavy atom. The molecular formula is C28H34ClN3O5. The molecule has 198 valence electrons. The summed E-state index contributed by atoms with van der Waals surface area (Å²) < 4.78 is 5.24. The summed E-state index contributed by atoms with van der Waals surface area (Å²) in [6.45, 7) is 9.61. The van der Waals surface area contributed by atoms with E-state index in [1.807, 2.05) is 0 Å². The number of alkyl carbamates (subject to hydrolysis) is 1. The Hall–Kier alpha value is -3.54. The zero-order valence-electron chi connectivity index (χ0n) is 22.0. The van der Waals surface area contributed by atoms with Crippen LogP contribution in [0.1, 0.15) is 57.4 Å². The highest BCUT2D eigenvalue weighted by Crippen LogP contribution is 2.30. The van der Waals surface area contributed by atoms with Gasteiger partial charge < -0.3 is 25.4 Å². The topological polar surface area (TPSA) is 108 Å². The van der Waals surface area contributed by atoms with Crippen LogP contribution in [-0.4, -0.2) is 52.2 Å². The highest BCUT2D eigenvalue weighted by molar-refractivity contribution is 6.34. The van der Waals surface area contributed by atoms with Crippen molar-refractivity contribution in [3.05, 3.63) is 64.2 Å². The van der Waals surface area contributed by atoms with Crippen molar-refractivity contribution in [3.63, 3.8) is 0 Å². The number of aryl methyl sites for hydroxylation is 1. The van der Waals surface area contributed by atoms with E-state index in [0.717, 1.165) is 5.56 Å². The summed E-state index contributed by atoms with van der Waals surface area (Å²) in [5, 5.41) is 15.6. The SMILES string of the molecule is C#Cc1ccc(C(C(=O)Nc2c(C)cccc2Cl)N(C(=O)C(CO)NC(=O)OC(C)(C)C)C(C)C)cc1. The van der Waals surface area contributed by atoms with E-state index in [4.69, 9.17) is 22.8 Å². The van der Waals surface area contributed by atoms with Crippen LogP contribution >= 0.6 is 11.6 Å². The predicted octanol–water partition coefficient (Wildman–Crippen LogP) is 4.43. The molecule has 37 heavy (non-hydrogen) atoms. The number of hydrogen-bond donors (Lipinski definition) is 3. The Balaban J connectivity index is 2.52. The molecular weight excluding hydrogens is 494 g/mol. The molecule has 8 nitrogen and oxygen atoms in total. The minimum Gasteiger partial charge on any atom is -0.444 e. The maximum atomic E-state index is 13.8. The Morgan fingerprint density at radius 2 is 1.76 bits per heavy atom. The molecule has 0 aliphatic rings. The summed E-state index contributed by atoms with van der Waals surface area (Å²) >= 11 is 6.34. The van der Waals surface area contributed by atoms with E-state index >= 15 is 0 Å². The minimum atomic E-state index is -1.35. The van der Waals surface area contributed by atoms with E-state index in [1.165, 1.54) is 4.90 Å². The number of halogens is 1. The number of carbonyl (C=O) groups is 3. The minimum absolute atomic E-state index is 0.344. The van der Waals surface area contributed by atoms with E-state index in [9.17, 15) is 19.5 Å². The van der Waals surface area contributed by atoms with Crippen molar-refractivity contribution in [3.8, 4) is 12.3 Å². The molecule has 3 N–H and O–H groups in total. The number of hydrogen-bond acceptors (Lipinski definition) is 5. The maximum absolute atomic E-state index is 13.8. The number of anilines is 1. The van der Waals surface area contributed by atoms with E-state index in [-0.39, 0.29) is 0 Å². The van der Waals surface area contributed by atoms with Gasteiger partial charge in [0, 0.05) is 11.6 Å². The van der Waals surface area contributed by atoms with Crippen molar-refractivity contribution in [1.82, 2.24) is 10.2 Å². The van der Waals surface area contributed by atoms with Gasteiger partial charge in [0.1, 0.15) is 17.7 Å². The Labute approximate surface area is 223 Å². The number of rotatable bonds is 8. The fourth-order valence-corrected chi connectivity index (χ4v) is 3.95. The molecule has 0 bridgehead atoms. The van der Waals surface area contributed by atoms with Gasteiger partial charge in [-0.3, -0.25) is 9.59 Å². The molecule has 2 aromatic carbocycles. The molecule has 0 aliphatic heterocycles.